The number of hydrogen-bond acceptors (Lipinski definition) is 4. The highest BCUT2D eigenvalue weighted by molar-refractivity contribution is 7.89. The van der Waals surface area contributed by atoms with E-state index in [9.17, 15) is 18.5 Å². The summed E-state index contributed by atoms with van der Waals surface area (Å²) in [6.07, 6.45) is 0. The van der Waals surface area contributed by atoms with Gasteiger partial charge in [0.1, 0.15) is 0 Å². The Morgan fingerprint density at radius 2 is 1.90 bits per heavy atom. The molecule has 0 spiro atoms. The van der Waals surface area contributed by atoms with Crippen molar-refractivity contribution in [1.29, 1.82) is 0 Å². The molecule has 0 heterocycles. The van der Waals surface area contributed by atoms with Gasteiger partial charge in [0.05, 0.1) is 9.82 Å². The zero-order chi connectivity index (χ0) is 15.7. The highest BCUT2D eigenvalue weighted by atomic mass is 32.2. The fourth-order valence-electron chi connectivity index (χ4n) is 2.14. The first-order valence-corrected chi connectivity index (χ1v) is 7.45. The van der Waals surface area contributed by atoms with Gasteiger partial charge >= 0.3 is 0 Å². The number of hydrogen-bond donors (Lipinski definition) is 1. The molecule has 20 heavy (non-hydrogen) atoms. The minimum Gasteiger partial charge on any atom is -0.258 e. The summed E-state index contributed by atoms with van der Waals surface area (Å²) in [4.78, 5) is 10.5. The second-order valence-corrected chi connectivity index (χ2v) is 6.56. The first kappa shape index (κ1) is 16.3. The van der Waals surface area contributed by atoms with Gasteiger partial charge in [0.15, 0.2) is 0 Å². The smallest absolute Gasteiger partial charge is 0.258 e. The number of aryl methyl sites for hydroxylation is 2. The molecule has 0 aliphatic rings. The Balaban J connectivity index is 3.49. The summed E-state index contributed by atoms with van der Waals surface area (Å²) in [5.41, 5.74) is 1.59. The first-order chi connectivity index (χ1) is 9.08. The van der Waals surface area contributed by atoms with Crippen LogP contribution in [0.15, 0.2) is 23.1 Å². The number of nitrogens with zero attached hydrogens (tertiary/aromatic N) is 1. The molecule has 0 bridgehead atoms. The van der Waals surface area contributed by atoms with E-state index in [2.05, 4.69) is 11.3 Å². The van der Waals surface area contributed by atoms with Crippen LogP contribution >= 0.6 is 0 Å². The van der Waals surface area contributed by atoms with Crippen LogP contribution in [0.25, 0.3) is 0 Å². The number of benzene rings is 1. The molecule has 0 aliphatic heterocycles. The van der Waals surface area contributed by atoms with Crippen molar-refractivity contribution in [2.45, 2.75) is 32.6 Å². The lowest BCUT2D eigenvalue weighted by molar-refractivity contribution is -0.386. The van der Waals surface area contributed by atoms with Crippen molar-refractivity contribution in [3.63, 3.8) is 0 Å². The number of sulfonamides is 1. The number of nitro benzene ring substituents is 1. The molecular weight excluding hydrogens is 280 g/mol. The Labute approximate surface area is 118 Å². The third kappa shape index (κ3) is 3.23. The third-order valence-electron chi connectivity index (χ3n) is 2.88. The highest BCUT2D eigenvalue weighted by Crippen LogP contribution is 2.31. The summed E-state index contributed by atoms with van der Waals surface area (Å²) in [6.45, 7) is 10.1. The van der Waals surface area contributed by atoms with E-state index in [1.54, 1.807) is 20.8 Å². The van der Waals surface area contributed by atoms with Crippen LogP contribution in [0.1, 0.15) is 23.6 Å². The Morgan fingerprint density at radius 3 is 2.35 bits per heavy atom. The summed E-state index contributed by atoms with van der Waals surface area (Å²) in [5.74, 6) is 0. The minimum atomic E-state index is -3.80. The normalized spacial score (nSPS) is 11.4. The van der Waals surface area contributed by atoms with E-state index in [1.165, 1.54) is 13.0 Å². The van der Waals surface area contributed by atoms with E-state index in [0.29, 0.717) is 16.7 Å². The molecule has 7 heteroatoms. The van der Waals surface area contributed by atoms with E-state index in [0.717, 1.165) is 0 Å². The number of nitro groups is 1. The maximum Gasteiger partial charge on any atom is 0.276 e. The maximum atomic E-state index is 12.3. The van der Waals surface area contributed by atoms with E-state index in [-0.39, 0.29) is 22.7 Å². The SMILES string of the molecule is C=C(C)CNS(=O)(=O)c1c(C)cc(C)c([N+](=O)[O-])c1C. The van der Waals surface area contributed by atoms with Crippen LogP contribution in [-0.2, 0) is 10.0 Å². The molecule has 1 aromatic rings. The van der Waals surface area contributed by atoms with E-state index in [4.69, 9.17) is 0 Å². The van der Waals surface area contributed by atoms with Gasteiger partial charge in [0.25, 0.3) is 5.69 Å². The fourth-order valence-corrected chi connectivity index (χ4v) is 3.71. The van der Waals surface area contributed by atoms with Gasteiger partial charge in [-0.15, -0.1) is 0 Å². The van der Waals surface area contributed by atoms with Crippen molar-refractivity contribution in [3.8, 4) is 0 Å². The topological polar surface area (TPSA) is 89.3 Å². The Hall–Kier alpha value is -1.73. The Bertz CT molecular complexity index is 678. The van der Waals surface area contributed by atoms with Gasteiger partial charge in [-0.25, -0.2) is 13.1 Å². The second-order valence-electron chi connectivity index (χ2n) is 4.85. The van der Waals surface area contributed by atoms with Gasteiger partial charge in [0, 0.05) is 17.7 Å². The average Bonchev–Trinajstić information content (AvgIpc) is 2.24. The molecule has 0 radical (unpaired) electrons. The van der Waals surface area contributed by atoms with Gasteiger partial charge in [-0.3, -0.25) is 10.1 Å². The van der Waals surface area contributed by atoms with Gasteiger partial charge in [-0.05, 0) is 39.3 Å². The molecule has 1 N–H and O–H groups in total. The molecule has 0 saturated carbocycles. The summed E-state index contributed by atoms with van der Waals surface area (Å²) < 4.78 is 27.0. The fraction of sp³-hybridized carbons (Fsp3) is 0.385. The van der Waals surface area contributed by atoms with Crippen LogP contribution in [0.4, 0.5) is 5.69 Å². The van der Waals surface area contributed by atoms with Crippen LogP contribution in [0.2, 0.25) is 0 Å². The van der Waals surface area contributed by atoms with Crippen molar-refractivity contribution in [2.24, 2.45) is 0 Å². The van der Waals surface area contributed by atoms with Crippen LogP contribution in [0, 0.1) is 30.9 Å². The van der Waals surface area contributed by atoms with Crippen molar-refractivity contribution in [3.05, 3.63) is 45.0 Å². The lowest BCUT2D eigenvalue weighted by atomic mass is 10.1. The quantitative estimate of drug-likeness (QED) is 0.513. The maximum absolute atomic E-state index is 12.3. The number of rotatable bonds is 5. The molecule has 110 valence electrons. The van der Waals surface area contributed by atoms with Crippen molar-refractivity contribution < 1.29 is 13.3 Å². The molecule has 0 aliphatic carbocycles. The van der Waals surface area contributed by atoms with E-state index < -0.39 is 14.9 Å². The van der Waals surface area contributed by atoms with Gasteiger partial charge in [0.2, 0.25) is 10.0 Å². The predicted molar refractivity (Wildman–Crippen MR) is 77.3 cm³/mol. The number of nitrogens with one attached hydrogen (secondary N) is 1. The average molecular weight is 298 g/mol. The minimum absolute atomic E-state index is 0.0314. The molecular formula is C13H18N2O4S. The summed E-state index contributed by atoms with van der Waals surface area (Å²) >= 11 is 0. The van der Waals surface area contributed by atoms with Gasteiger partial charge < -0.3 is 0 Å². The van der Waals surface area contributed by atoms with Crippen molar-refractivity contribution >= 4 is 15.7 Å². The first-order valence-electron chi connectivity index (χ1n) is 5.97. The van der Waals surface area contributed by atoms with Crippen LogP contribution in [0.5, 0.6) is 0 Å². The largest absolute Gasteiger partial charge is 0.276 e. The molecule has 0 aromatic heterocycles. The molecule has 0 amide bonds. The second kappa shape index (κ2) is 5.72. The molecule has 1 aromatic carbocycles. The third-order valence-corrected chi connectivity index (χ3v) is 4.57. The van der Waals surface area contributed by atoms with Crippen LogP contribution in [-0.4, -0.2) is 19.9 Å². The predicted octanol–water partition coefficient (Wildman–Crippen LogP) is 2.37. The highest BCUT2D eigenvalue weighted by Gasteiger charge is 2.27. The standard InChI is InChI=1S/C13H18N2O4S/c1-8(2)7-14-20(18,19)13-10(4)6-9(3)12(11(13)5)15(16)17/h6,14H,1,7H2,2-5H3. The Morgan fingerprint density at radius 1 is 1.35 bits per heavy atom. The van der Waals surface area contributed by atoms with E-state index >= 15 is 0 Å². The van der Waals surface area contributed by atoms with Crippen LogP contribution < -0.4 is 4.72 Å². The van der Waals surface area contributed by atoms with E-state index in [1.807, 2.05) is 0 Å². The van der Waals surface area contributed by atoms with Crippen LogP contribution in [0.3, 0.4) is 0 Å². The molecule has 0 fully saturated rings. The van der Waals surface area contributed by atoms with Crippen molar-refractivity contribution in [1.82, 2.24) is 4.72 Å². The van der Waals surface area contributed by atoms with Gasteiger partial charge in [-0.2, -0.15) is 0 Å². The molecule has 6 nitrogen and oxygen atoms in total. The molecule has 0 saturated heterocycles. The molecule has 0 unspecified atom stereocenters. The molecule has 1 rings (SSSR count). The summed E-state index contributed by atoms with van der Waals surface area (Å²) in [7, 11) is -3.80. The lowest BCUT2D eigenvalue weighted by Gasteiger charge is -2.13. The summed E-state index contributed by atoms with van der Waals surface area (Å²) in [6, 6.07) is 1.51. The zero-order valence-corrected chi connectivity index (χ0v) is 12.8. The zero-order valence-electron chi connectivity index (χ0n) is 12.0. The summed E-state index contributed by atoms with van der Waals surface area (Å²) in [5, 5.41) is 11.1. The lowest BCUT2D eigenvalue weighted by Crippen LogP contribution is -2.27. The molecule has 0 atom stereocenters. The van der Waals surface area contributed by atoms with Gasteiger partial charge in [-0.1, -0.05) is 12.2 Å². The monoisotopic (exact) mass is 298 g/mol. The Kier molecular flexibility index (Phi) is 4.67. The van der Waals surface area contributed by atoms with Crippen molar-refractivity contribution in [2.75, 3.05) is 6.54 Å².